The minimum atomic E-state index is -1.50. The number of anilines is 1. The molecule has 0 spiro atoms. The molecular weight excluding hydrogens is 528 g/mol. The van der Waals surface area contributed by atoms with Crippen LogP contribution in [0.25, 0.3) is 0 Å². The topological polar surface area (TPSA) is 199 Å². The van der Waals surface area contributed by atoms with Crippen molar-refractivity contribution in [1.82, 2.24) is 14.9 Å². The summed E-state index contributed by atoms with van der Waals surface area (Å²) < 4.78 is 16.7. The van der Waals surface area contributed by atoms with Crippen LogP contribution in [0, 0.1) is 0 Å². The second-order valence-corrected chi connectivity index (χ2v) is 10.1. The van der Waals surface area contributed by atoms with E-state index in [-0.39, 0.29) is 25.3 Å². The van der Waals surface area contributed by atoms with E-state index in [1.54, 1.807) is 45.0 Å². The number of benzene rings is 1. The average molecular weight is 563 g/mol. The maximum Gasteiger partial charge on any atom is 0.408 e. The van der Waals surface area contributed by atoms with Crippen molar-refractivity contribution in [3.05, 3.63) is 58.6 Å². The van der Waals surface area contributed by atoms with Gasteiger partial charge in [0.25, 0.3) is 0 Å². The Morgan fingerprint density at radius 2 is 1.82 bits per heavy atom. The van der Waals surface area contributed by atoms with Gasteiger partial charge in [-0.1, -0.05) is 30.3 Å². The predicted octanol–water partition coefficient (Wildman–Crippen LogP) is 0.210. The van der Waals surface area contributed by atoms with Crippen LogP contribution < -0.4 is 16.3 Å². The molecule has 0 unspecified atom stereocenters. The maximum absolute atomic E-state index is 13.0. The molecule has 2 amide bonds. The zero-order valence-corrected chi connectivity index (χ0v) is 22.4. The van der Waals surface area contributed by atoms with Crippen LogP contribution in [-0.2, 0) is 30.4 Å². The van der Waals surface area contributed by atoms with E-state index in [0.29, 0.717) is 0 Å². The summed E-state index contributed by atoms with van der Waals surface area (Å²) in [6, 6.07) is 9.02. The highest BCUT2D eigenvalue weighted by atomic mass is 16.6. The molecule has 2 heterocycles. The van der Waals surface area contributed by atoms with E-state index in [4.69, 9.17) is 14.2 Å². The number of rotatable bonds is 10. The van der Waals surface area contributed by atoms with Gasteiger partial charge in [0.2, 0.25) is 5.91 Å². The molecular formula is C26H34N4O10. The van der Waals surface area contributed by atoms with E-state index in [9.17, 15) is 34.5 Å². The van der Waals surface area contributed by atoms with E-state index in [1.807, 2.05) is 6.07 Å². The number of hydrogen-bond acceptors (Lipinski definition) is 11. The molecule has 0 aliphatic carbocycles. The summed E-state index contributed by atoms with van der Waals surface area (Å²) >= 11 is 0. The zero-order valence-electron chi connectivity index (χ0n) is 22.4. The van der Waals surface area contributed by atoms with E-state index in [0.717, 1.165) is 10.1 Å². The Labute approximate surface area is 229 Å². The van der Waals surface area contributed by atoms with E-state index < -0.39 is 66.4 Å². The summed E-state index contributed by atoms with van der Waals surface area (Å²) in [5.74, 6) is -1.55. The molecule has 1 fully saturated rings. The van der Waals surface area contributed by atoms with Crippen molar-refractivity contribution in [2.45, 2.75) is 76.4 Å². The molecule has 1 aromatic heterocycles. The van der Waals surface area contributed by atoms with Crippen LogP contribution in [-0.4, -0.2) is 79.4 Å². The van der Waals surface area contributed by atoms with Gasteiger partial charge in [0, 0.05) is 12.6 Å². The Hall–Kier alpha value is -3.85. The van der Waals surface area contributed by atoms with Crippen LogP contribution in [0.2, 0.25) is 0 Å². The molecule has 3 rings (SSSR count). The van der Waals surface area contributed by atoms with Crippen LogP contribution in [0.5, 0.6) is 0 Å². The van der Waals surface area contributed by atoms with Gasteiger partial charge in [-0.25, -0.2) is 9.59 Å². The summed E-state index contributed by atoms with van der Waals surface area (Å²) in [5, 5.41) is 34.2. The molecule has 0 bridgehead atoms. The largest absolute Gasteiger partial charge is 0.461 e. The third-order valence-corrected chi connectivity index (χ3v) is 5.76. The summed E-state index contributed by atoms with van der Waals surface area (Å²) in [4.78, 5) is 54.0. The van der Waals surface area contributed by atoms with Gasteiger partial charge in [-0.05, 0) is 38.8 Å². The average Bonchev–Trinajstić information content (AvgIpc) is 3.18. The Morgan fingerprint density at radius 3 is 2.42 bits per heavy atom. The lowest BCUT2D eigenvalue weighted by atomic mass is 10.1. The summed E-state index contributed by atoms with van der Waals surface area (Å²) in [5.41, 5.74) is -0.982. The lowest BCUT2D eigenvalue weighted by molar-refractivity contribution is -0.145. The van der Waals surface area contributed by atoms with Gasteiger partial charge >= 0.3 is 17.8 Å². The number of nitrogens with one attached hydrogen (secondary N) is 2. The molecule has 1 saturated heterocycles. The SMILES string of the molecule is CC(C)(C)OC(=O)N[C@H](CCC(=O)OCc1ccccc1)C(=O)Nc1ccn([C@H]2O[C@@H](CO)[C@H](O)[C@H]2O)c(=O)n1. The van der Waals surface area contributed by atoms with Gasteiger partial charge in [-0.2, -0.15) is 4.98 Å². The lowest BCUT2D eigenvalue weighted by Gasteiger charge is -2.23. The van der Waals surface area contributed by atoms with E-state index in [1.165, 1.54) is 12.3 Å². The smallest absolute Gasteiger partial charge is 0.408 e. The van der Waals surface area contributed by atoms with Crippen LogP contribution in [0.1, 0.15) is 45.4 Å². The van der Waals surface area contributed by atoms with Crippen molar-refractivity contribution in [1.29, 1.82) is 0 Å². The first-order valence-electron chi connectivity index (χ1n) is 12.6. The van der Waals surface area contributed by atoms with Gasteiger partial charge < -0.3 is 40.2 Å². The van der Waals surface area contributed by atoms with Crippen LogP contribution >= 0.6 is 0 Å². The molecule has 1 aliphatic heterocycles. The zero-order chi connectivity index (χ0) is 29.4. The van der Waals surface area contributed by atoms with Gasteiger partial charge in [0.05, 0.1) is 6.61 Å². The number of carbonyl (C=O) groups is 3. The lowest BCUT2D eigenvalue weighted by Crippen LogP contribution is -2.46. The van der Waals surface area contributed by atoms with Gasteiger partial charge in [0.1, 0.15) is 42.4 Å². The Kier molecular flexibility index (Phi) is 10.3. The quantitative estimate of drug-likeness (QED) is 0.248. The summed E-state index contributed by atoms with van der Waals surface area (Å²) in [6.07, 6.45) is -5.37. The van der Waals surface area contributed by atoms with E-state index in [2.05, 4.69) is 15.6 Å². The number of aliphatic hydroxyl groups excluding tert-OH is 3. The van der Waals surface area contributed by atoms with Crippen LogP contribution in [0.15, 0.2) is 47.4 Å². The summed E-state index contributed by atoms with van der Waals surface area (Å²) in [7, 11) is 0. The first-order chi connectivity index (χ1) is 18.9. The minimum absolute atomic E-state index is 0.0473. The van der Waals surface area contributed by atoms with Crippen molar-refractivity contribution in [2.75, 3.05) is 11.9 Å². The number of ether oxygens (including phenoxy) is 3. The molecule has 40 heavy (non-hydrogen) atoms. The Bertz CT molecular complexity index is 1230. The molecule has 1 aliphatic rings. The number of esters is 1. The maximum atomic E-state index is 13.0. The number of nitrogens with zero attached hydrogens (tertiary/aromatic N) is 2. The van der Waals surface area contributed by atoms with Gasteiger partial charge in [-0.15, -0.1) is 0 Å². The third-order valence-electron chi connectivity index (χ3n) is 5.76. The third kappa shape index (κ3) is 8.58. The number of hydrogen-bond donors (Lipinski definition) is 5. The van der Waals surface area contributed by atoms with Crippen molar-refractivity contribution in [3.63, 3.8) is 0 Å². The molecule has 218 valence electrons. The normalized spacial score (nSPS) is 21.4. The Balaban J connectivity index is 1.67. The first kappa shape index (κ1) is 30.7. The highest BCUT2D eigenvalue weighted by Crippen LogP contribution is 2.28. The monoisotopic (exact) mass is 562 g/mol. The minimum Gasteiger partial charge on any atom is -0.461 e. The van der Waals surface area contributed by atoms with E-state index >= 15 is 0 Å². The fourth-order valence-electron chi connectivity index (χ4n) is 3.79. The predicted molar refractivity (Wildman–Crippen MR) is 139 cm³/mol. The number of aromatic nitrogens is 2. The molecule has 0 radical (unpaired) electrons. The van der Waals surface area contributed by atoms with Crippen LogP contribution in [0.4, 0.5) is 10.6 Å². The molecule has 2 aromatic rings. The highest BCUT2D eigenvalue weighted by Gasteiger charge is 2.43. The molecule has 14 nitrogen and oxygen atoms in total. The Morgan fingerprint density at radius 1 is 1.12 bits per heavy atom. The van der Waals surface area contributed by atoms with Crippen molar-refractivity contribution in [3.8, 4) is 0 Å². The number of amides is 2. The fraction of sp³-hybridized carbons (Fsp3) is 0.500. The van der Waals surface area contributed by atoms with Crippen molar-refractivity contribution >= 4 is 23.8 Å². The van der Waals surface area contributed by atoms with Crippen molar-refractivity contribution < 1.29 is 43.9 Å². The second-order valence-electron chi connectivity index (χ2n) is 10.1. The number of carbonyl (C=O) groups excluding carboxylic acids is 3. The standard InChI is InChI=1S/C26H34N4O10/c1-26(2,3)40-25(37)27-16(9-10-19(32)38-14-15-7-5-4-6-8-15)22(35)28-18-11-12-30(24(36)29-18)23-21(34)20(33)17(13-31)39-23/h4-8,11-12,16-17,20-21,23,31,33-34H,9-10,13-14H2,1-3H3,(H,27,37)(H,28,29,35,36)/t16-,17+,20+,21-,23+/m1/s1. The van der Waals surface area contributed by atoms with Gasteiger partial charge in [0.15, 0.2) is 6.23 Å². The molecule has 1 aromatic carbocycles. The highest BCUT2D eigenvalue weighted by molar-refractivity contribution is 5.96. The number of alkyl carbamates (subject to hydrolysis) is 1. The molecule has 0 saturated carbocycles. The first-order valence-corrected chi connectivity index (χ1v) is 12.6. The second kappa shape index (κ2) is 13.5. The summed E-state index contributed by atoms with van der Waals surface area (Å²) in [6.45, 7) is 4.42. The number of aliphatic hydroxyl groups is 3. The fourth-order valence-corrected chi connectivity index (χ4v) is 3.79. The van der Waals surface area contributed by atoms with Crippen LogP contribution in [0.3, 0.4) is 0 Å². The van der Waals surface area contributed by atoms with Crippen molar-refractivity contribution in [2.24, 2.45) is 0 Å². The molecule has 14 heteroatoms. The molecule has 5 N–H and O–H groups in total. The molecule has 5 atom stereocenters. The van der Waals surface area contributed by atoms with Gasteiger partial charge in [-0.3, -0.25) is 14.2 Å².